The van der Waals surface area contributed by atoms with Gasteiger partial charge in [0.05, 0.1) is 0 Å². The third kappa shape index (κ3) is 4.04. The molecular formula is C13H16BrF2NO3. The molecule has 0 fully saturated rings. The molecule has 1 heterocycles. The van der Waals surface area contributed by atoms with Gasteiger partial charge in [-0.05, 0) is 24.1 Å². The van der Waals surface area contributed by atoms with Gasteiger partial charge in [-0.15, -0.1) is 0 Å². The standard InChI is InChI=1S/C13H16BrF2NO3/c14-9-6-12-11(19-3-4-20-12)5-8(9)10(17)1-2-18-7-13(15)16/h5-6,10,13H,1-4,7,17H2. The molecule has 0 amide bonds. The van der Waals surface area contributed by atoms with Crippen molar-refractivity contribution in [2.24, 2.45) is 5.73 Å². The van der Waals surface area contributed by atoms with E-state index in [4.69, 9.17) is 19.9 Å². The zero-order chi connectivity index (χ0) is 14.5. The van der Waals surface area contributed by atoms with Gasteiger partial charge in [0.25, 0.3) is 6.43 Å². The van der Waals surface area contributed by atoms with Crippen LogP contribution < -0.4 is 15.2 Å². The Morgan fingerprint density at radius 2 is 1.90 bits per heavy atom. The molecule has 2 N–H and O–H groups in total. The molecule has 0 saturated carbocycles. The molecule has 0 radical (unpaired) electrons. The summed E-state index contributed by atoms with van der Waals surface area (Å²) in [4.78, 5) is 0. The largest absolute Gasteiger partial charge is 0.486 e. The predicted octanol–water partition coefficient (Wildman–Crippen LogP) is 2.89. The van der Waals surface area contributed by atoms with E-state index in [-0.39, 0.29) is 12.6 Å². The molecule has 1 unspecified atom stereocenters. The number of benzene rings is 1. The normalized spacial score (nSPS) is 15.4. The molecule has 0 aromatic heterocycles. The fraction of sp³-hybridized carbons (Fsp3) is 0.538. The quantitative estimate of drug-likeness (QED) is 0.800. The molecule has 7 heteroatoms. The lowest BCUT2D eigenvalue weighted by atomic mass is 10.0. The zero-order valence-electron chi connectivity index (χ0n) is 10.8. The first-order valence-corrected chi connectivity index (χ1v) is 7.07. The average molecular weight is 352 g/mol. The lowest BCUT2D eigenvalue weighted by Crippen LogP contribution is -2.18. The number of halogens is 3. The Bertz CT molecular complexity index is 459. The SMILES string of the molecule is NC(CCOCC(F)F)c1cc2c(cc1Br)OCCO2. The number of nitrogens with two attached hydrogens (primary N) is 1. The van der Waals surface area contributed by atoms with Crippen molar-refractivity contribution in [3.05, 3.63) is 22.2 Å². The third-order valence-corrected chi connectivity index (χ3v) is 3.56. The Kier molecular flexibility index (Phi) is 5.56. The molecule has 2 rings (SSSR count). The van der Waals surface area contributed by atoms with Crippen molar-refractivity contribution in [2.75, 3.05) is 26.4 Å². The van der Waals surface area contributed by atoms with Crippen LogP contribution in [0.1, 0.15) is 18.0 Å². The summed E-state index contributed by atoms with van der Waals surface area (Å²) in [5.41, 5.74) is 6.89. The van der Waals surface area contributed by atoms with E-state index in [9.17, 15) is 8.78 Å². The minimum absolute atomic E-state index is 0.187. The van der Waals surface area contributed by atoms with Crippen LogP contribution >= 0.6 is 15.9 Å². The van der Waals surface area contributed by atoms with Crippen molar-refractivity contribution in [3.8, 4) is 11.5 Å². The van der Waals surface area contributed by atoms with E-state index < -0.39 is 13.0 Å². The number of hydrogen-bond acceptors (Lipinski definition) is 4. The van der Waals surface area contributed by atoms with Gasteiger partial charge in [0.15, 0.2) is 11.5 Å². The van der Waals surface area contributed by atoms with Gasteiger partial charge in [0.2, 0.25) is 0 Å². The van der Waals surface area contributed by atoms with Gasteiger partial charge in [0.1, 0.15) is 19.8 Å². The first-order valence-electron chi connectivity index (χ1n) is 6.28. The number of ether oxygens (including phenoxy) is 3. The maximum atomic E-state index is 11.9. The maximum absolute atomic E-state index is 11.9. The van der Waals surface area contributed by atoms with Crippen molar-refractivity contribution < 1.29 is 23.0 Å². The summed E-state index contributed by atoms with van der Waals surface area (Å²) >= 11 is 3.43. The molecule has 0 saturated heterocycles. The molecule has 1 aliphatic heterocycles. The monoisotopic (exact) mass is 351 g/mol. The van der Waals surface area contributed by atoms with Gasteiger partial charge in [-0.1, -0.05) is 15.9 Å². The highest BCUT2D eigenvalue weighted by molar-refractivity contribution is 9.10. The topological polar surface area (TPSA) is 53.7 Å². The van der Waals surface area contributed by atoms with Crippen LogP contribution in [0.15, 0.2) is 16.6 Å². The van der Waals surface area contributed by atoms with Crippen LogP contribution in [0.2, 0.25) is 0 Å². The molecule has 112 valence electrons. The van der Waals surface area contributed by atoms with E-state index in [1.165, 1.54) is 0 Å². The Labute approximate surface area is 124 Å². The van der Waals surface area contributed by atoms with Crippen LogP contribution in [0, 0.1) is 0 Å². The van der Waals surface area contributed by atoms with Crippen molar-refractivity contribution in [2.45, 2.75) is 18.9 Å². The van der Waals surface area contributed by atoms with E-state index in [0.717, 1.165) is 10.0 Å². The van der Waals surface area contributed by atoms with E-state index in [0.29, 0.717) is 31.1 Å². The van der Waals surface area contributed by atoms with Crippen LogP contribution in [0.5, 0.6) is 11.5 Å². The van der Waals surface area contributed by atoms with Gasteiger partial charge in [-0.2, -0.15) is 0 Å². The number of fused-ring (bicyclic) bond motifs is 1. The van der Waals surface area contributed by atoms with Crippen LogP contribution in [0.25, 0.3) is 0 Å². The zero-order valence-corrected chi connectivity index (χ0v) is 12.4. The molecule has 20 heavy (non-hydrogen) atoms. The lowest BCUT2D eigenvalue weighted by Gasteiger charge is -2.22. The molecule has 4 nitrogen and oxygen atoms in total. The summed E-state index contributed by atoms with van der Waals surface area (Å²) in [6, 6.07) is 3.30. The molecular weight excluding hydrogens is 336 g/mol. The minimum Gasteiger partial charge on any atom is -0.486 e. The predicted molar refractivity (Wildman–Crippen MR) is 73.5 cm³/mol. The molecule has 1 atom stereocenters. The first-order chi connectivity index (χ1) is 9.58. The van der Waals surface area contributed by atoms with E-state index in [1.807, 2.05) is 12.1 Å². The van der Waals surface area contributed by atoms with Crippen LogP contribution in [0.3, 0.4) is 0 Å². The molecule has 0 spiro atoms. The van der Waals surface area contributed by atoms with Gasteiger partial charge >= 0.3 is 0 Å². The molecule has 0 bridgehead atoms. The molecule has 1 aliphatic rings. The summed E-state index contributed by atoms with van der Waals surface area (Å²) in [5.74, 6) is 1.33. The highest BCUT2D eigenvalue weighted by Crippen LogP contribution is 2.37. The first kappa shape index (κ1) is 15.5. The van der Waals surface area contributed by atoms with Crippen LogP contribution in [-0.4, -0.2) is 32.9 Å². The Balaban J connectivity index is 1.97. The van der Waals surface area contributed by atoms with E-state index >= 15 is 0 Å². The Morgan fingerprint density at radius 1 is 1.25 bits per heavy atom. The van der Waals surface area contributed by atoms with Gasteiger partial charge in [-0.25, -0.2) is 8.78 Å². The second-order valence-corrected chi connectivity index (χ2v) is 5.23. The van der Waals surface area contributed by atoms with Gasteiger partial charge in [0, 0.05) is 17.1 Å². The summed E-state index contributed by atoms with van der Waals surface area (Å²) in [5, 5.41) is 0. The summed E-state index contributed by atoms with van der Waals surface area (Å²) in [6.07, 6.45) is -2.00. The number of alkyl halides is 2. The second kappa shape index (κ2) is 7.19. The van der Waals surface area contributed by atoms with Crippen molar-refractivity contribution in [1.29, 1.82) is 0 Å². The lowest BCUT2D eigenvalue weighted by molar-refractivity contribution is 0.0152. The van der Waals surface area contributed by atoms with E-state index in [1.54, 1.807) is 0 Å². The summed E-state index contributed by atoms with van der Waals surface area (Å²) in [7, 11) is 0. The average Bonchev–Trinajstić information content (AvgIpc) is 2.42. The minimum atomic E-state index is -2.45. The molecule has 1 aromatic carbocycles. The Morgan fingerprint density at radius 3 is 2.55 bits per heavy atom. The van der Waals surface area contributed by atoms with Crippen molar-refractivity contribution in [1.82, 2.24) is 0 Å². The molecule has 1 aromatic rings. The Hall–Kier alpha value is -0.920. The summed E-state index contributed by atoms with van der Waals surface area (Å²) < 4.78 is 40.5. The second-order valence-electron chi connectivity index (χ2n) is 4.38. The maximum Gasteiger partial charge on any atom is 0.261 e. The van der Waals surface area contributed by atoms with Crippen LogP contribution in [-0.2, 0) is 4.74 Å². The summed E-state index contributed by atoms with van der Waals surface area (Å²) in [6.45, 7) is 0.647. The highest BCUT2D eigenvalue weighted by atomic mass is 79.9. The highest BCUT2D eigenvalue weighted by Gasteiger charge is 2.18. The number of hydrogen-bond donors (Lipinski definition) is 1. The van der Waals surface area contributed by atoms with Crippen molar-refractivity contribution >= 4 is 15.9 Å². The van der Waals surface area contributed by atoms with Crippen LogP contribution in [0.4, 0.5) is 8.78 Å². The molecule has 0 aliphatic carbocycles. The smallest absolute Gasteiger partial charge is 0.261 e. The third-order valence-electron chi connectivity index (χ3n) is 2.88. The fourth-order valence-corrected chi connectivity index (χ4v) is 2.52. The number of rotatable bonds is 6. The fourth-order valence-electron chi connectivity index (χ4n) is 1.90. The van der Waals surface area contributed by atoms with Crippen molar-refractivity contribution in [3.63, 3.8) is 0 Å². The van der Waals surface area contributed by atoms with E-state index in [2.05, 4.69) is 15.9 Å². The van der Waals surface area contributed by atoms with Gasteiger partial charge < -0.3 is 19.9 Å². The van der Waals surface area contributed by atoms with Gasteiger partial charge in [-0.3, -0.25) is 0 Å².